The molecule has 0 aliphatic carbocycles. The number of imidazole rings is 1. The number of sulfonamides is 1. The highest BCUT2D eigenvalue weighted by atomic mass is 32.2. The van der Waals surface area contributed by atoms with Crippen LogP contribution in [0.1, 0.15) is 5.56 Å². The molecule has 0 unspecified atom stereocenters. The van der Waals surface area contributed by atoms with E-state index >= 15 is 0 Å². The third-order valence-corrected chi connectivity index (χ3v) is 8.16. The summed E-state index contributed by atoms with van der Waals surface area (Å²) in [5.41, 5.74) is 2.69. The molecule has 8 nitrogen and oxygen atoms in total. The van der Waals surface area contributed by atoms with E-state index in [-0.39, 0.29) is 17.4 Å². The van der Waals surface area contributed by atoms with Crippen LogP contribution in [0.3, 0.4) is 0 Å². The smallest absolute Gasteiger partial charge is 0.243 e. The van der Waals surface area contributed by atoms with Crippen molar-refractivity contribution >= 4 is 21.9 Å². The van der Waals surface area contributed by atoms with Crippen LogP contribution < -0.4 is 10.1 Å². The highest BCUT2D eigenvalue weighted by Crippen LogP contribution is 2.25. The van der Waals surface area contributed by atoms with Crippen molar-refractivity contribution in [3.63, 3.8) is 0 Å². The summed E-state index contributed by atoms with van der Waals surface area (Å²) in [6, 6.07) is 30.2. The Kier molecular flexibility index (Phi) is 8.23. The first-order chi connectivity index (χ1) is 19.8. The van der Waals surface area contributed by atoms with Crippen molar-refractivity contribution < 1.29 is 22.3 Å². The number of amides is 1. The van der Waals surface area contributed by atoms with Crippen molar-refractivity contribution in [1.29, 1.82) is 0 Å². The van der Waals surface area contributed by atoms with Gasteiger partial charge in [-0.3, -0.25) is 14.7 Å². The third-order valence-electron chi connectivity index (χ3n) is 6.35. The maximum atomic E-state index is 13.7. The number of nitrogens with one attached hydrogen (secondary N) is 1. The van der Waals surface area contributed by atoms with Gasteiger partial charge in [-0.25, -0.2) is 17.8 Å². The number of ether oxygens (including phenoxy) is 1. The SMILES string of the molecule is COc1ccc(S(=O)(=O)N(CC(=O)Nc2nc(-c3ccccc3)cn2-c2ccc(F)cc2)Cc2ccccc2)cc1. The van der Waals surface area contributed by atoms with E-state index in [2.05, 4.69) is 10.3 Å². The Morgan fingerprint density at radius 1 is 0.902 bits per heavy atom. The summed E-state index contributed by atoms with van der Waals surface area (Å²) >= 11 is 0. The van der Waals surface area contributed by atoms with E-state index in [9.17, 15) is 17.6 Å². The Bertz CT molecular complexity index is 1730. The molecular weight excluding hydrogens is 543 g/mol. The minimum Gasteiger partial charge on any atom is -0.497 e. The Morgan fingerprint density at radius 2 is 1.54 bits per heavy atom. The maximum Gasteiger partial charge on any atom is 0.243 e. The first kappa shape index (κ1) is 27.8. The predicted molar refractivity (Wildman–Crippen MR) is 155 cm³/mol. The van der Waals surface area contributed by atoms with E-state index in [0.29, 0.717) is 17.1 Å². The van der Waals surface area contributed by atoms with Crippen LogP contribution in [0.15, 0.2) is 120 Å². The summed E-state index contributed by atoms with van der Waals surface area (Å²) in [6.07, 6.45) is 1.73. The molecule has 0 aliphatic rings. The predicted octanol–water partition coefficient (Wildman–Crippen LogP) is 5.52. The van der Waals surface area contributed by atoms with Crippen molar-refractivity contribution in [3.05, 3.63) is 127 Å². The zero-order valence-electron chi connectivity index (χ0n) is 22.1. The van der Waals surface area contributed by atoms with E-state index in [1.807, 2.05) is 36.4 Å². The van der Waals surface area contributed by atoms with Crippen LogP contribution in [0.25, 0.3) is 16.9 Å². The molecule has 0 atom stereocenters. The molecule has 1 N–H and O–H groups in total. The third kappa shape index (κ3) is 6.51. The average Bonchev–Trinajstić information content (AvgIpc) is 3.41. The molecule has 1 aromatic heterocycles. The lowest BCUT2D eigenvalue weighted by Crippen LogP contribution is -2.38. The number of carbonyl (C=O) groups is 1. The second kappa shape index (κ2) is 12.2. The van der Waals surface area contributed by atoms with Crippen LogP contribution in [-0.2, 0) is 21.4 Å². The fourth-order valence-corrected chi connectivity index (χ4v) is 5.63. The average molecular weight is 571 g/mol. The topological polar surface area (TPSA) is 93.5 Å². The largest absolute Gasteiger partial charge is 0.497 e. The van der Waals surface area contributed by atoms with Crippen LogP contribution >= 0.6 is 0 Å². The Labute approximate surface area is 237 Å². The minimum absolute atomic E-state index is 0.0235. The van der Waals surface area contributed by atoms with Gasteiger partial charge in [-0.05, 0) is 54.1 Å². The minimum atomic E-state index is -4.07. The van der Waals surface area contributed by atoms with Gasteiger partial charge >= 0.3 is 0 Å². The zero-order valence-corrected chi connectivity index (χ0v) is 23.0. The number of hydrogen-bond donors (Lipinski definition) is 1. The fourth-order valence-electron chi connectivity index (χ4n) is 4.25. The van der Waals surface area contributed by atoms with Gasteiger partial charge in [0.25, 0.3) is 0 Å². The molecule has 1 amide bonds. The lowest BCUT2D eigenvalue weighted by Gasteiger charge is -2.22. The van der Waals surface area contributed by atoms with Gasteiger partial charge in [0, 0.05) is 24.0 Å². The highest BCUT2D eigenvalue weighted by Gasteiger charge is 2.28. The molecule has 1 heterocycles. The van der Waals surface area contributed by atoms with Gasteiger partial charge in [-0.2, -0.15) is 4.31 Å². The molecule has 0 saturated heterocycles. The Balaban J connectivity index is 1.46. The molecule has 5 aromatic rings. The number of anilines is 1. The molecule has 41 heavy (non-hydrogen) atoms. The van der Waals surface area contributed by atoms with Gasteiger partial charge in [-0.1, -0.05) is 60.7 Å². The number of carbonyl (C=O) groups excluding carboxylic acids is 1. The van der Waals surface area contributed by atoms with E-state index in [1.54, 1.807) is 59.3 Å². The standard InChI is InChI=1S/C31H27FN4O4S/c1-40-27-16-18-28(19-17-27)41(38,39)35(20-23-8-4-2-5-9-23)22-30(37)34-31-33-29(24-10-6-3-7-11-24)21-36(31)26-14-12-25(32)13-15-26/h2-19,21H,20,22H2,1H3,(H,33,34,37). The lowest BCUT2D eigenvalue weighted by molar-refractivity contribution is -0.116. The van der Waals surface area contributed by atoms with Gasteiger partial charge in [0.05, 0.1) is 24.2 Å². The molecule has 10 heteroatoms. The van der Waals surface area contributed by atoms with E-state index in [4.69, 9.17) is 4.74 Å². The molecule has 0 aliphatic heterocycles. The monoisotopic (exact) mass is 570 g/mol. The van der Waals surface area contributed by atoms with Crippen LogP contribution in [-0.4, -0.2) is 41.8 Å². The van der Waals surface area contributed by atoms with E-state index in [0.717, 1.165) is 15.4 Å². The number of nitrogens with zero attached hydrogens (tertiary/aromatic N) is 3. The number of methoxy groups -OCH3 is 1. The van der Waals surface area contributed by atoms with Crippen LogP contribution in [0.5, 0.6) is 5.75 Å². The molecule has 208 valence electrons. The Morgan fingerprint density at radius 3 is 2.17 bits per heavy atom. The van der Waals surface area contributed by atoms with Gasteiger partial charge in [0.1, 0.15) is 11.6 Å². The van der Waals surface area contributed by atoms with Gasteiger partial charge in [0.15, 0.2) is 0 Å². The summed E-state index contributed by atoms with van der Waals surface area (Å²) in [7, 11) is -2.57. The van der Waals surface area contributed by atoms with Crippen molar-refractivity contribution in [1.82, 2.24) is 13.9 Å². The van der Waals surface area contributed by atoms with E-state index < -0.39 is 28.3 Å². The second-order valence-electron chi connectivity index (χ2n) is 9.14. The van der Waals surface area contributed by atoms with Crippen LogP contribution in [0.2, 0.25) is 0 Å². The normalized spacial score (nSPS) is 11.4. The molecular formula is C31H27FN4O4S. The van der Waals surface area contributed by atoms with E-state index in [1.165, 1.54) is 31.4 Å². The molecule has 0 bridgehead atoms. The number of halogens is 1. The summed E-state index contributed by atoms with van der Waals surface area (Å²) in [4.78, 5) is 18.1. The number of benzene rings is 4. The molecule has 4 aromatic carbocycles. The number of hydrogen-bond acceptors (Lipinski definition) is 5. The molecule has 0 spiro atoms. The Hall–Kier alpha value is -4.80. The van der Waals surface area contributed by atoms with Gasteiger partial charge < -0.3 is 4.74 Å². The van der Waals surface area contributed by atoms with Gasteiger partial charge in [0.2, 0.25) is 21.9 Å². The van der Waals surface area contributed by atoms with Crippen molar-refractivity contribution in [2.45, 2.75) is 11.4 Å². The van der Waals surface area contributed by atoms with Crippen molar-refractivity contribution in [2.75, 3.05) is 19.0 Å². The fraction of sp³-hybridized carbons (Fsp3) is 0.0968. The number of rotatable bonds is 10. The molecule has 0 fully saturated rings. The van der Waals surface area contributed by atoms with Crippen LogP contribution in [0.4, 0.5) is 10.3 Å². The first-order valence-electron chi connectivity index (χ1n) is 12.7. The number of aromatic nitrogens is 2. The second-order valence-corrected chi connectivity index (χ2v) is 11.1. The summed E-state index contributed by atoms with van der Waals surface area (Å²) in [6.45, 7) is -0.496. The van der Waals surface area contributed by atoms with Crippen molar-refractivity contribution in [2.24, 2.45) is 0 Å². The highest BCUT2D eigenvalue weighted by molar-refractivity contribution is 7.89. The van der Waals surface area contributed by atoms with Crippen molar-refractivity contribution in [3.8, 4) is 22.7 Å². The van der Waals surface area contributed by atoms with Crippen LogP contribution in [0, 0.1) is 5.82 Å². The molecule has 0 saturated carbocycles. The quantitative estimate of drug-likeness (QED) is 0.239. The maximum absolute atomic E-state index is 13.7. The first-order valence-corrected chi connectivity index (χ1v) is 14.2. The molecule has 5 rings (SSSR count). The summed E-state index contributed by atoms with van der Waals surface area (Å²) < 4.78 is 48.9. The van der Waals surface area contributed by atoms with Gasteiger partial charge in [-0.15, -0.1) is 0 Å². The molecule has 0 radical (unpaired) electrons. The summed E-state index contributed by atoms with van der Waals surface area (Å²) in [5.74, 6) is -0.310. The lowest BCUT2D eigenvalue weighted by atomic mass is 10.2. The zero-order chi connectivity index (χ0) is 28.8. The summed E-state index contributed by atoms with van der Waals surface area (Å²) in [5, 5.41) is 2.76.